The van der Waals surface area contributed by atoms with Gasteiger partial charge in [-0.2, -0.15) is 26.3 Å². The fourth-order valence-corrected chi connectivity index (χ4v) is 5.64. The number of carbonyl (C=O) groups excluding carboxylic acids is 1. The maximum atomic E-state index is 13.2. The van der Waals surface area contributed by atoms with Gasteiger partial charge in [-0.25, -0.2) is 9.97 Å². The SMILES string of the molecule is O=C(Cn1cnc2c1C=NCC2)N1CCC(c2cnc(-c3cc(C(F)(F)F)cc(C(F)(F)F)c3)s2)CC1. The Balaban J connectivity index is 1.26. The highest BCUT2D eigenvalue weighted by molar-refractivity contribution is 7.15. The van der Waals surface area contributed by atoms with Gasteiger partial charge in [-0.15, -0.1) is 11.3 Å². The molecular formula is C24H21F6N5OS. The van der Waals surface area contributed by atoms with E-state index in [0.29, 0.717) is 44.6 Å². The van der Waals surface area contributed by atoms with E-state index in [1.807, 2.05) is 0 Å². The number of aromatic nitrogens is 3. The minimum Gasteiger partial charge on any atom is -0.341 e. The average molecular weight is 542 g/mol. The van der Waals surface area contributed by atoms with Gasteiger partial charge >= 0.3 is 12.4 Å². The van der Waals surface area contributed by atoms with Gasteiger partial charge in [0.05, 0.1) is 28.8 Å². The Hall–Kier alpha value is -3.22. The molecule has 1 aromatic carbocycles. The van der Waals surface area contributed by atoms with Crippen molar-refractivity contribution in [1.82, 2.24) is 19.4 Å². The maximum absolute atomic E-state index is 13.2. The molecule has 0 radical (unpaired) electrons. The molecule has 6 nitrogen and oxygen atoms in total. The molecule has 3 aromatic rings. The summed E-state index contributed by atoms with van der Waals surface area (Å²) in [5.74, 6) is -0.0393. The van der Waals surface area contributed by atoms with Gasteiger partial charge in [0.15, 0.2) is 0 Å². The molecule has 0 bridgehead atoms. The molecule has 4 heterocycles. The van der Waals surface area contributed by atoms with E-state index >= 15 is 0 Å². The number of aliphatic imine (C=N–C) groups is 1. The van der Waals surface area contributed by atoms with Crippen LogP contribution in [0.25, 0.3) is 10.6 Å². The van der Waals surface area contributed by atoms with Crippen molar-refractivity contribution in [3.05, 3.63) is 58.1 Å². The fraction of sp³-hybridized carbons (Fsp3) is 0.417. The minimum absolute atomic E-state index is 0.0105. The Bertz CT molecular complexity index is 1300. The van der Waals surface area contributed by atoms with Gasteiger partial charge in [-0.1, -0.05) is 0 Å². The van der Waals surface area contributed by atoms with Crippen LogP contribution in [0.1, 0.15) is 46.2 Å². The standard InChI is InChI=1S/C24H21F6N5OS/c25-23(26,27)16-7-15(8-17(9-16)24(28,29)30)22-32-11-20(37-22)14-2-5-34(6-3-14)21(36)12-35-13-33-18-1-4-31-10-19(18)35/h7-11,13-14H,1-6,12H2. The molecule has 2 aliphatic heterocycles. The summed E-state index contributed by atoms with van der Waals surface area (Å²) in [6.45, 7) is 1.82. The van der Waals surface area contributed by atoms with E-state index in [0.717, 1.165) is 34.0 Å². The van der Waals surface area contributed by atoms with Crippen LogP contribution in [0.5, 0.6) is 0 Å². The number of thiazole rings is 1. The second-order valence-corrected chi connectivity index (χ2v) is 10.1. The monoisotopic (exact) mass is 541 g/mol. The first-order valence-corrected chi connectivity index (χ1v) is 12.4. The number of halogens is 6. The molecule has 2 aliphatic rings. The number of carbonyl (C=O) groups is 1. The molecular weight excluding hydrogens is 520 g/mol. The first-order valence-electron chi connectivity index (χ1n) is 11.6. The molecule has 1 amide bonds. The molecule has 1 saturated heterocycles. The summed E-state index contributed by atoms with van der Waals surface area (Å²) < 4.78 is 81.1. The highest BCUT2D eigenvalue weighted by Gasteiger charge is 2.37. The smallest absolute Gasteiger partial charge is 0.341 e. The van der Waals surface area contributed by atoms with E-state index in [-0.39, 0.29) is 35.0 Å². The summed E-state index contributed by atoms with van der Waals surface area (Å²) in [4.78, 5) is 28.1. The highest BCUT2D eigenvalue weighted by atomic mass is 32.1. The zero-order chi connectivity index (χ0) is 26.4. The van der Waals surface area contributed by atoms with Crippen molar-refractivity contribution in [1.29, 1.82) is 0 Å². The molecule has 13 heteroatoms. The second kappa shape index (κ2) is 9.58. The molecule has 0 atom stereocenters. The number of imidazole rings is 1. The summed E-state index contributed by atoms with van der Waals surface area (Å²) in [6.07, 6.45) is -2.98. The van der Waals surface area contributed by atoms with Gasteiger partial charge in [-0.3, -0.25) is 9.79 Å². The van der Waals surface area contributed by atoms with E-state index in [2.05, 4.69) is 15.0 Å². The van der Waals surface area contributed by atoms with E-state index in [1.54, 1.807) is 22.0 Å². The summed E-state index contributed by atoms with van der Waals surface area (Å²) in [6, 6.07) is 1.49. The molecule has 0 unspecified atom stereocenters. The summed E-state index contributed by atoms with van der Waals surface area (Å²) in [5, 5.41) is 0.0941. The van der Waals surface area contributed by atoms with Crippen LogP contribution >= 0.6 is 11.3 Å². The van der Waals surface area contributed by atoms with Crippen molar-refractivity contribution in [2.45, 2.75) is 44.1 Å². The lowest BCUT2D eigenvalue weighted by atomic mass is 9.96. The maximum Gasteiger partial charge on any atom is 0.416 e. The van der Waals surface area contributed by atoms with Crippen LogP contribution in [0.15, 0.2) is 35.7 Å². The molecule has 0 saturated carbocycles. The lowest BCUT2D eigenvalue weighted by Gasteiger charge is -2.31. The number of fused-ring (bicyclic) bond motifs is 1. The number of amides is 1. The molecule has 0 aliphatic carbocycles. The first-order chi connectivity index (χ1) is 17.5. The number of hydrogen-bond donors (Lipinski definition) is 0. The number of piperidine rings is 1. The third kappa shape index (κ3) is 5.41. The molecule has 2 aromatic heterocycles. The van der Waals surface area contributed by atoms with E-state index in [4.69, 9.17) is 0 Å². The molecule has 0 N–H and O–H groups in total. The highest BCUT2D eigenvalue weighted by Crippen LogP contribution is 2.41. The van der Waals surface area contributed by atoms with Gasteiger partial charge in [0.1, 0.15) is 11.6 Å². The van der Waals surface area contributed by atoms with Crippen molar-refractivity contribution in [2.24, 2.45) is 4.99 Å². The second-order valence-electron chi connectivity index (χ2n) is 9.01. The van der Waals surface area contributed by atoms with Crippen LogP contribution in [-0.4, -0.2) is 51.2 Å². The normalized spacial score (nSPS) is 16.8. The van der Waals surface area contributed by atoms with Gasteiger partial charge in [-0.05, 0) is 37.0 Å². The van der Waals surface area contributed by atoms with Crippen molar-refractivity contribution in [2.75, 3.05) is 19.6 Å². The third-order valence-electron chi connectivity index (χ3n) is 6.56. The number of rotatable bonds is 4. The predicted molar refractivity (Wildman–Crippen MR) is 125 cm³/mol. The number of alkyl halides is 6. The Morgan fingerprint density at radius 1 is 1.00 bits per heavy atom. The molecule has 196 valence electrons. The largest absolute Gasteiger partial charge is 0.416 e. The summed E-state index contributed by atoms with van der Waals surface area (Å²) in [7, 11) is 0. The van der Waals surface area contributed by atoms with Gasteiger partial charge < -0.3 is 9.47 Å². The van der Waals surface area contributed by atoms with Crippen LogP contribution in [0.2, 0.25) is 0 Å². The van der Waals surface area contributed by atoms with Crippen molar-refractivity contribution in [3.8, 4) is 10.6 Å². The number of nitrogens with zero attached hydrogens (tertiary/aromatic N) is 5. The number of likely N-dealkylation sites (tertiary alicyclic amines) is 1. The van der Waals surface area contributed by atoms with Crippen molar-refractivity contribution < 1.29 is 31.1 Å². The van der Waals surface area contributed by atoms with Crippen LogP contribution < -0.4 is 0 Å². The van der Waals surface area contributed by atoms with Crippen LogP contribution in [-0.2, 0) is 30.1 Å². The minimum atomic E-state index is -4.92. The average Bonchev–Trinajstić information content (AvgIpc) is 3.51. The van der Waals surface area contributed by atoms with Crippen molar-refractivity contribution in [3.63, 3.8) is 0 Å². The molecule has 1 fully saturated rings. The lowest BCUT2D eigenvalue weighted by Crippen LogP contribution is -2.39. The lowest BCUT2D eigenvalue weighted by molar-refractivity contribution is -0.143. The first kappa shape index (κ1) is 25.4. The van der Waals surface area contributed by atoms with Gasteiger partial charge in [0.25, 0.3) is 0 Å². The van der Waals surface area contributed by atoms with Gasteiger partial charge in [0, 0.05) is 48.9 Å². The predicted octanol–water partition coefficient (Wildman–Crippen LogP) is 5.43. The van der Waals surface area contributed by atoms with Crippen LogP contribution in [0.4, 0.5) is 26.3 Å². The zero-order valence-electron chi connectivity index (χ0n) is 19.3. The summed E-state index contributed by atoms with van der Waals surface area (Å²) >= 11 is 1.08. The zero-order valence-corrected chi connectivity index (χ0v) is 20.1. The van der Waals surface area contributed by atoms with Crippen LogP contribution in [0, 0.1) is 0 Å². The number of benzene rings is 1. The topological polar surface area (TPSA) is 63.4 Å². The fourth-order valence-electron chi connectivity index (χ4n) is 4.57. The third-order valence-corrected chi connectivity index (χ3v) is 7.77. The van der Waals surface area contributed by atoms with Crippen molar-refractivity contribution >= 4 is 23.5 Å². The Labute approximate surface area is 211 Å². The van der Waals surface area contributed by atoms with E-state index in [9.17, 15) is 31.1 Å². The molecule has 5 rings (SSSR count). The summed E-state index contributed by atoms with van der Waals surface area (Å²) in [5.41, 5.74) is -1.20. The quantitative estimate of drug-likeness (QED) is 0.414. The van der Waals surface area contributed by atoms with E-state index < -0.39 is 23.5 Å². The Morgan fingerprint density at radius 2 is 1.68 bits per heavy atom. The molecule has 0 spiro atoms. The Morgan fingerprint density at radius 3 is 2.32 bits per heavy atom. The molecule has 37 heavy (non-hydrogen) atoms. The van der Waals surface area contributed by atoms with Crippen LogP contribution in [0.3, 0.4) is 0 Å². The number of hydrogen-bond acceptors (Lipinski definition) is 5. The van der Waals surface area contributed by atoms with Gasteiger partial charge in [0.2, 0.25) is 5.91 Å². The van der Waals surface area contributed by atoms with E-state index in [1.165, 1.54) is 6.20 Å². The Kier molecular flexibility index (Phi) is 6.59.